The van der Waals surface area contributed by atoms with Gasteiger partial charge >= 0.3 is 6.03 Å². The Labute approximate surface area is 102 Å². The lowest BCUT2D eigenvalue weighted by Gasteiger charge is -2.28. The highest BCUT2D eigenvalue weighted by molar-refractivity contribution is 5.93. The number of rotatable bonds is 2. The van der Waals surface area contributed by atoms with Gasteiger partial charge in [0.2, 0.25) is 0 Å². The monoisotopic (exact) mass is 233 g/mol. The Hall–Kier alpha value is -1.71. The van der Waals surface area contributed by atoms with Crippen molar-refractivity contribution < 1.29 is 4.79 Å². The van der Waals surface area contributed by atoms with E-state index in [0.29, 0.717) is 0 Å². The molecule has 0 saturated carbocycles. The van der Waals surface area contributed by atoms with Gasteiger partial charge in [-0.25, -0.2) is 4.79 Å². The second kappa shape index (κ2) is 4.65. The minimum absolute atomic E-state index is 0.00445. The summed E-state index contributed by atoms with van der Waals surface area (Å²) in [6.45, 7) is 3.65. The number of benzene rings is 1. The van der Waals surface area contributed by atoms with Crippen molar-refractivity contribution in [2.45, 2.75) is 13.3 Å². The van der Waals surface area contributed by atoms with E-state index < -0.39 is 0 Å². The van der Waals surface area contributed by atoms with Crippen LogP contribution in [-0.2, 0) is 0 Å². The number of urea groups is 1. The maximum Gasteiger partial charge on any atom is 0.321 e. The van der Waals surface area contributed by atoms with E-state index in [4.69, 9.17) is 0 Å². The van der Waals surface area contributed by atoms with Crippen molar-refractivity contribution in [3.63, 3.8) is 0 Å². The summed E-state index contributed by atoms with van der Waals surface area (Å²) in [6, 6.07) is 6.14. The van der Waals surface area contributed by atoms with Crippen molar-refractivity contribution in [1.82, 2.24) is 5.32 Å². The van der Waals surface area contributed by atoms with E-state index >= 15 is 0 Å². The van der Waals surface area contributed by atoms with Crippen molar-refractivity contribution in [2.75, 3.05) is 37.0 Å². The van der Waals surface area contributed by atoms with Crippen LogP contribution in [0, 0.1) is 6.92 Å². The topological polar surface area (TPSA) is 35.6 Å². The molecule has 1 aliphatic rings. The highest BCUT2D eigenvalue weighted by Crippen LogP contribution is 2.26. The normalized spacial score (nSPS) is 15.7. The molecule has 92 valence electrons. The summed E-state index contributed by atoms with van der Waals surface area (Å²) in [4.78, 5) is 15.6. The zero-order chi connectivity index (χ0) is 12.4. The fraction of sp³-hybridized carbons (Fsp3) is 0.462. The summed E-state index contributed by atoms with van der Waals surface area (Å²) in [7, 11) is 4.03. The minimum Gasteiger partial charge on any atom is -0.377 e. The molecule has 0 atom stereocenters. The van der Waals surface area contributed by atoms with Gasteiger partial charge in [0.25, 0.3) is 0 Å². The number of nitrogens with one attached hydrogen (secondary N) is 1. The van der Waals surface area contributed by atoms with Crippen molar-refractivity contribution in [3.05, 3.63) is 23.8 Å². The lowest BCUT2D eigenvalue weighted by molar-refractivity contribution is 0.243. The van der Waals surface area contributed by atoms with E-state index in [2.05, 4.69) is 29.3 Å². The Morgan fingerprint density at radius 3 is 2.76 bits per heavy atom. The molecule has 1 N–H and O–H groups in total. The fourth-order valence-corrected chi connectivity index (χ4v) is 2.12. The molecule has 0 bridgehead atoms. The Bertz CT molecular complexity index is 429. The number of carbonyl (C=O) groups excluding carboxylic acids is 1. The molecule has 0 unspecified atom stereocenters. The van der Waals surface area contributed by atoms with Gasteiger partial charge in [0.05, 0.1) is 0 Å². The molecule has 1 aliphatic heterocycles. The molecule has 4 nitrogen and oxygen atoms in total. The van der Waals surface area contributed by atoms with E-state index in [1.807, 2.05) is 20.2 Å². The molecule has 0 aliphatic carbocycles. The zero-order valence-corrected chi connectivity index (χ0v) is 10.7. The van der Waals surface area contributed by atoms with Crippen molar-refractivity contribution in [2.24, 2.45) is 0 Å². The van der Waals surface area contributed by atoms with E-state index in [1.54, 1.807) is 4.90 Å². The third kappa shape index (κ3) is 2.35. The van der Waals surface area contributed by atoms with Crippen LogP contribution in [0.25, 0.3) is 0 Å². The van der Waals surface area contributed by atoms with Gasteiger partial charge in [-0.15, -0.1) is 0 Å². The number of nitrogens with zero attached hydrogens (tertiary/aromatic N) is 2. The third-order valence-corrected chi connectivity index (χ3v) is 3.07. The van der Waals surface area contributed by atoms with Crippen LogP contribution in [0.4, 0.5) is 16.2 Å². The average molecular weight is 233 g/mol. The van der Waals surface area contributed by atoms with Gasteiger partial charge in [-0.2, -0.15) is 0 Å². The van der Waals surface area contributed by atoms with Gasteiger partial charge in [0.15, 0.2) is 0 Å². The highest BCUT2D eigenvalue weighted by Gasteiger charge is 2.19. The average Bonchev–Trinajstić information content (AvgIpc) is 2.30. The smallest absolute Gasteiger partial charge is 0.321 e. The summed E-state index contributed by atoms with van der Waals surface area (Å²) >= 11 is 0. The maximum absolute atomic E-state index is 11.8. The predicted octanol–water partition coefficient (Wildman–Crippen LogP) is 1.98. The largest absolute Gasteiger partial charge is 0.377 e. The fourth-order valence-electron chi connectivity index (χ4n) is 2.12. The number of hydrogen-bond donors (Lipinski definition) is 1. The second-order valence-corrected chi connectivity index (χ2v) is 4.60. The molecule has 1 saturated heterocycles. The first-order valence-corrected chi connectivity index (χ1v) is 5.93. The summed E-state index contributed by atoms with van der Waals surface area (Å²) in [5.74, 6) is 0. The van der Waals surface area contributed by atoms with Gasteiger partial charge < -0.3 is 10.2 Å². The Kier molecular flexibility index (Phi) is 3.22. The van der Waals surface area contributed by atoms with E-state index in [9.17, 15) is 4.79 Å². The number of carbonyl (C=O) groups is 1. The molecular formula is C13H19N3O. The molecule has 2 amide bonds. The first-order chi connectivity index (χ1) is 8.09. The van der Waals surface area contributed by atoms with Crippen LogP contribution in [0.2, 0.25) is 0 Å². The number of amides is 2. The number of hydrogen-bond acceptors (Lipinski definition) is 2. The molecule has 0 aromatic heterocycles. The third-order valence-electron chi connectivity index (χ3n) is 3.07. The molecule has 1 aromatic carbocycles. The lowest BCUT2D eigenvalue weighted by Crippen LogP contribution is -2.46. The molecule has 1 aromatic rings. The van der Waals surface area contributed by atoms with Gasteiger partial charge in [0, 0.05) is 38.6 Å². The molecule has 0 spiro atoms. The van der Waals surface area contributed by atoms with Crippen molar-refractivity contribution in [1.29, 1.82) is 0 Å². The van der Waals surface area contributed by atoms with E-state index in [1.165, 1.54) is 5.56 Å². The molecule has 1 fully saturated rings. The van der Waals surface area contributed by atoms with Crippen LogP contribution in [0.15, 0.2) is 18.2 Å². The van der Waals surface area contributed by atoms with Gasteiger partial charge in [-0.05, 0) is 31.0 Å². The second-order valence-electron chi connectivity index (χ2n) is 4.60. The van der Waals surface area contributed by atoms with E-state index in [-0.39, 0.29) is 6.03 Å². The SMILES string of the molecule is Cc1ccc(N2CCCNC2=O)cc1N(C)C. The standard InChI is InChI=1S/C13H19N3O/c1-10-5-6-11(9-12(10)15(2)3)16-8-4-7-14-13(16)17/h5-6,9H,4,7-8H2,1-3H3,(H,14,17). The molecule has 4 heteroatoms. The Balaban J connectivity index is 2.32. The predicted molar refractivity (Wildman–Crippen MR) is 70.9 cm³/mol. The maximum atomic E-state index is 11.8. The van der Waals surface area contributed by atoms with Crippen LogP contribution < -0.4 is 15.1 Å². The van der Waals surface area contributed by atoms with Crippen molar-refractivity contribution in [3.8, 4) is 0 Å². The number of aryl methyl sites for hydroxylation is 1. The lowest BCUT2D eigenvalue weighted by atomic mass is 10.1. The zero-order valence-electron chi connectivity index (χ0n) is 10.7. The van der Waals surface area contributed by atoms with Crippen molar-refractivity contribution >= 4 is 17.4 Å². The summed E-state index contributed by atoms with van der Waals surface area (Å²) in [5, 5.41) is 2.87. The summed E-state index contributed by atoms with van der Waals surface area (Å²) < 4.78 is 0. The first-order valence-electron chi connectivity index (χ1n) is 5.93. The van der Waals surface area contributed by atoms with Crippen LogP contribution in [0.3, 0.4) is 0 Å². The summed E-state index contributed by atoms with van der Waals surface area (Å²) in [5.41, 5.74) is 3.34. The molecule has 2 rings (SSSR count). The van der Waals surface area contributed by atoms with Gasteiger partial charge in [-0.3, -0.25) is 4.90 Å². The van der Waals surface area contributed by atoms with E-state index in [0.717, 1.165) is 30.9 Å². The van der Waals surface area contributed by atoms with Crippen LogP contribution in [-0.4, -0.2) is 33.2 Å². The van der Waals surface area contributed by atoms with Gasteiger partial charge in [0.1, 0.15) is 0 Å². The van der Waals surface area contributed by atoms with Crippen LogP contribution >= 0.6 is 0 Å². The first kappa shape index (κ1) is 11.8. The molecule has 0 radical (unpaired) electrons. The van der Waals surface area contributed by atoms with Gasteiger partial charge in [-0.1, -0.05) is 6.07 Å². The Morgan fingerprint density at radius 2 is 2.12 bits per heavy atom. The summed E-state index contributed by atoms with van der Waals surface area (Å²) in [6.07, 6.45) is 0.997. The Morgan fingerprint density at radius 1 is 1.35 bits per heavy atom. The van der Waals surface area contributed by atoms with Crippen LogP contribution in [0.5, 0.6) is 0 Å². The molecule has 17 heavy (non-hydrogen) atoms. The highest BCUT2D eigenvalue weighted by atomic mass is 16.2. The van der Waals surface area contributed by atoms with Crippen LogP contribution in [0.1, 0.15) is 12.0 Å². The molecular weight excluding hydrogens is 214 g/mol. The minimum atomic E-state index is 0.00445. The molecule has 1 heterocycles. The number of anilines is 2. The quantitative estimate of drug-likeness (QED) is 0.847.